The van der Waals surface area contributed by atoms with Crippen LogP contribution in [0, 0.1) is 0 Å². The third-order valence-corrected chi connectivity index (χ3v) is 5.56. The van der Waals surface area contributed by atoms with Crippen molar-refractivity contribution in [3.05, 3.63) is 51.7 Å². The van der Waals surface area contributed by atoms with Gasteiger partial charge in [-0.1, -0.05) is 12.1 Å². The van der Waals surface area contributed by atoms with E-state index in [0.29, 0.717) is 13.2 Å². The molecule has 0 radical (unpaired) electrons. The predicted octanol–water partition coefficient (Wildman–Crippen LogP) is 3.57. The maximum Gasteiger partial charge on any atom is 0.306 e. The van der Waals surface area contributed by atoms with Gasteiger partial charge in [0.15, 0.2) is 0 Å². The maximum absolute atomic E-state index is 12.8. The van der Waals surface area contributed by atoms with Crippen LogP contribution in [-0.2, 0) is 20.7 Å². The SMILES string of the molecule is CCOC(=O)CCC(=O)N1CCc2sccc2[C@H]1c1ccc(OC)cc1. The molecule has 0 unspecified atom stereocenters. The van der Waals surface area contributed by atoms with Crippen molar-refractivity contribution >= 4 is 23.2 Å². The molecule has 138 valence electrons. The van der Waals surface area contributed by atoms with Gasteiger partial charge in [-0.15, -0.1) is 11.3 Å². The van der Waals surface area contributed by atoms with Crippen LogP contribution in [0.1, 0.15) is 41.8 Å². The topological polar surface area (TPSA) is 55.8 Å². The smallest absolute Gasteiger partial charge is 0.306 e. The first-order valence-electron chi connectivity index (χ1n) is 8.79. The van der Waals surface area contributed by atoms with Crippen molar-refractivity contribution in [1.29, 1.82) is 0 Å². The van der Waals surface area contributed by atoms with Crippen molar-refractivity contribution < 1.29 is 19.1 Å². The number of hydrogen-bond acceptors (Lipinski definition) is 5. The summed E-state index contributed by atoms with van der Waals surface area (Å²) in [5.41, 5.74) is 2.23. The summed E-state index contributed by atoms with van der Waals surface area (Å²) in [5.74, 6) is 0.445. The molecule has 1 atom stereocenters. The zero-order valence-corrected chi connectivity index (χ0v) is 15.9. The second-order valence-electron chi connectivity index (χ2n) is 6.12. The summed E-state index contributed by atoms with van der Waals surface area (Å²) in [6, 6.07) is 9.81. The Morgan fingerprint density at radius 3 is 2.65 bits per heavy atom. The summed E-state index contributed by atoms with van der Waals surface area (Å²) in [6.45, 7) is 2.76. The van der Waals surface area contributed by atoms with Crippen molar-refractivity contribution in [3.8, 4) is 5.75 Å². The lowest BCUT2D eigenvalue weighted by Crippen LogP contribution is -2.40. The van der Waals surface area contributed by atoms with Gasteiger partial charge in [0.05, 0.1) is 26.2 Å². The number of carbonyl (C=O) groups excluding carboxylic acids is 2. The molecule has 2 heterocycles. The molecule has 2 aromatic rings. The fourth-order valence-electron chi connectivity index (χ4n) is 3.32. The average molecular weight is 373 g/mol. The molecule has 0 aliphatic carbocycles. The van der Waals surface area contributed by atoms with Gasteiger partial charge in [0.2, 0.25) is 5.91 Å². The first-order chi connectivity index (χ1) is 12.6. The van der Waals surface area contributed by atoms with Crippen LogP contribution in [0.5, 0.6) is 5.75 Å². The van der Waals surface area contributed by atoms with Gasteiger partial charge in [-0.2, -0.15) is 0 Å². The Hall–Kier alpha value is -2.34. The van der Waals surface area contributed by atoms with Crippen LogP contribution in [0.2, 0.25) is 0 Å². The van der Waals surface area contributed by atoms with Gasteiger partial charge >= 0.3 is 5.97 Å². The van der Waals surface area contributed by atoms with Gasteiger partial charge in [0, 0.05) is 17.8 Å². The first kappa shape index (κ1) is 18.5. The number of nitrogens with zero attached hydrogens (tertiary/aromatic N) is 1. The lowest BCUT2D eigenvalue weighted by molar-refractivity contribution is -0.146. The van der Waals surface area contributed by atoms with Crippen molar-refractivity contribution in [1.82, 2.24) is 4.90 Å². The maximum atomic E-state index is 12.8. The molecule has 0 spiro atoms. The Bertz CT molecular complexity index is 768. The zero-order valence-electron chi connectivity index (χ0n) is 15.1. The van der Waals surface area contributed by atoms with Crippen LogP contribution < -0.4 is 4.74 Å². The molecule has 0 bridgehead atoms. The Labute approximate surface area is 157 Å². The Morgan fingerprint density at radius 2 is 1.96 bits per heavy atom. The molecule has 0 saturated heterocycles. The fourth-order valence-corrected chi connectivity index (χ4v) is 4.22. The summed E-state index contributed by atoms with van der Waals surface area (Å²) < 4.78 is 10.2. The fraction of sp³-hybridized carbons (Fsp3) is 0.400. The molecule has 26 heavy (non-hydrogen) atoms. The van der Waals surface area contributed by atoms with Gasteiger partial charge in [-0.3, -0.25) is 9.59 Å². The first-order valence-corrected chi connectivity index (χ1v) is 9.67. The van der Waals surface area contributed by atoms with Crippen LogP contribution >= 0.6 is 11.3 Å². The molecule has 0 saturated carbocycles. The van der Waals surface area contributed by atoms with Gasteiger partial charge in [-0.05, 0) is 48.1 Å². The standard InChI is InChI=1S/C20H23NO4S/c1-3-25-19(23)9-8-18(22)21-12-10-17-16(11-13-26-17)20(21)14-4-6-15(24-2)7-5-14/h4-7,11,13,20H,3,8-10,12H2,1-2H3/t20-/m1/s1. The number of benzene rings is 1. The van der Waals surface area contributed by atoms with E-state index in [9.17, 15) is 9.59 Å². The molecule has 1 aliphatic rings. The number of thiophene rings is 1. The quantitative estimate of drug-likeness (QED) is 0.727. The lowest BCUT2D eigenvalue weighted by Gasteiger charge is -2.36. The molecule has 1 aromatic heterocycles. The third-order valence-electron chi connectivity index (χ3n) is 4.57. The van der Waals surface area contributed by atoms with Crippen molar-refractivity contribution in [2.75, 3.05) is 20.3 Å². The van der Waals surface area contributed by atoms with E-state index in [0.717, 1.165) is 17.7 Å². The minimum atomic E-state index is -0.324. The summed E-state index contributed by atoms with van der Waals surface area (Å²) in [6.07, 6.45) is 1.14. The highest BCUT2D eigenvalue weighted by Crippen LogP contribution is 2.38. The van der Waals surface area contributed by atoms with E-state index < -0.39 is 0 Å². The summed E-state index contributed by atoms with van der Waals surface area (Å²) in [7, 11) is 1.64. The second kappa shape index (κ2) is 8.36. The Morgan fingerprint density at radius 1 is 1.19 bits per heavy atom. The predicted molar refractivity (Wildman–Crippen MR) is 100 cm³/mol. The normalized spacial score (nSPS) is 16.1. The number of carbonyl (C=O) groups is 2. The molecule has 1 aliphatic heterocycles. The number of hydrogen-bond donors (Lipinski definition) is 0. The third kappa shape index (κ3) is 3.90. The van der Waals surface area contributed by atoms with Crippen LogP contribution in [0.15, 0.2) is 35.7 Å². The highest BCUT2D eigenvalue weighted by atomic mass is 32.1. The number of esters is 1. The molecule has 1 amide bonds. The van der Waals surface area contributed by atoms with Crippen molar-refractivity contribution in [2.45, 2.75) is 32.2 Å². The number of methoxy groups -OCH3 is 1. The largest absolute Gasteiger partial charge is 0.497 e. The van der Waals surface area contributed by atoms with E-state index >= 15 is 0 Å². The highest BCUT2D eigenvalue weighted by molar-refractivity contribution is 7.10. The van der Waals surface area contributed by atoms with E-state index in [4.69, 9.17) is 9.47 Å². The summed E-state index contributed by atoms with van der Waals surface area (Å²) in [5, 5.41) is 2.08. The minimum absolute atomic E-state index is 0.0179. The van der Waals surface area contributed by atoms with Crippen LogP contribution in [-0.4, -0.2) is 37.0 Å². The minimum Gasteiger partial charge on any atom is -0.497 e. The van der Waals surface area contributed by atoms with E-state index in [1.807, 2.05) is 29.2 Å². The zero-order chi connectivity index (χ0) is 18.5. The summed E-state index contributed by atoms with van der Waals surface area (Å²) in [4.78, 5) is 27.7. The van der Waals surface area contributed by atoms with E-state index in [1.54, 1.807) is 25.4 Å². The van der Waals surface area contributed by atoms with Gasteiger partial charge in [0.25, 0.3) is 0 Å². The number of amides is 1. The molecular formula is C20H23NO4S. The van der Waals surface area contributed by atoms with Crippen LogP contribution in [0.25, 0.3) is 0 Å². The van der Waals surface area contributed by atoms with Gasteiger partial charge in [0.1, 0.15) is 5.75 Å². The second-order valence-corrected chi connectivity index (χ2v) is 7.12. The molecule has 3 rings (SSSR count). The van der Waals surface area contributed by atoms with Crippen LogP contribution in [0.3, 0.4) is 0 Å². The molecule has 5 nitrogen and oxygen atoms in total. The van der Waals surface area contributed by atoms with Crippen molar-refractivity contribution in [2.24, 2.45) is 0 Å². The number of ether oxygens (including phenoxy) is 2. The average Bonchev–Trinajstić information content (AvgIpc) is 3.14. The monoisotopic (exact) mass is 373 g/mol. The van der Waals surface area contributed by atoms with E-state index in [1.165, 1.54) is 10.4 Å². The number of rotatable bonds is 6. The summed E-state index contributed by atoms with van der Waals surface area (Å²) >= 11 is 1.73. The number of fused-ring (bicyclic) bond motifs is 1. The van der Waals surface area contributed by atoms with Gasteiger partial charge in [-0.25, -0.2) is 0 Å². The van der Waals surface area contributed by atoms with E-state index in [2.05, 4.69) is 11.4 Å². The molecule has 1 aromatic carbocycles. The molecule has 0 fully saturated rings. The molecular weight excluding hydrogens is 350 g/mol. The van der Waals surface area contributed by atoms with Gasteiger partial charge < -0.3 is 14.4 Å². The van der Waals surface area contributed by atoms with Crippen molar-refractivity contribution in [3.63, 3.8) is 0 Å². The Kier molecular flexibility index (Phi) is 5.93. The van der Waals surface area contributed by atoms with E-state index in [-0.39, 0.29) is 30.8 Å². The lowest BCUT2D eigenvalue weighted by atomic mass is 9.93. The molecule has 6 heteroatoms. The molecule has 0 N–H and O–H groups in total. The highest BCUT2D eigenvalue weighted by Gasteiger charge is 2.32. The Balaban J connectivity index is 1.83. The van der Waals surface area contributed by atoms with Crippen LogP contribution in [0.4, 0.5) is 0 Å².